The van der Waals surface area contributed by atoms with E-state index in [2.05, 4.69) is 23.6 Å². The number of rotatable bonds is 7. The molecule has 0 aliphatic carbocycles. The summed E-state index contributed by atoms with van der Waals surface area (Å²) in [5.41, 5.74) is 5.83. The highest BCUT2D eigenvalue weighted by Gasteiger charge is 2.19. The normalized spacial score (nSPS) is 14.7. The Kier molecular flexibility index (Phi) is 5.14. The van der Waals surface area contributed by atoms with E-state index >= 15 is 0 Å². The van der Waals surface area contributed by atoms with Gasteiger partial charge in [0.05, 0.1) is 6.04 Å². The van der Waals surface area contributed by atoms with Gasteiger partial charge in [-0.3, -0.25) is 0 Å². The van der Waals surface area contributed by atoms with Gasteiger partial charge in [0, 0.05) is 7.11 Å². The summed E-state index contributed by atoms with van der Waals surface area (Å²) in [6, 6.07) is -0.280. The molecular formula is C11H19N3O2. The van der Waals surface area contributed by atoms with Gasteiger partial charge in [-0.1, -0.05) is 24.6 Å². The maximum atomic E-state index is 5.83. The van der Waals surface area contributed by atoms with Crippen LogP contribution in [0.1, 0.15) is 50.0 Å². The predicted octanol–water partition coefficient (Wildman–Crippen LogP) is 2.13. The molecule has 0 aliphatic rings. The van der Waals surface area contributed by atoms with Crippen LogP contribution in [0, 0.1) is 0 Å². The molecule has 0 saturated heterocycles. The van der Waals surface area contributed by atoms with Crippen LogP contribution in [0.25, 0.3) is 0 Å². The van der Waals surface area contributed by atoms with E-state index < -0.39 is 0 Å². The van der Waals surface area contributed by atoms with E-state index in [-0.39, 0.29) is 12.1 Å². The van der Waals surface area contributed by atoms with Crippen molar-refractivity contribution in [2.45, 2.75) is 38.3 Å². The zero-order chi connectivity index (χ0) is 12.0. The molecule has 0 fully saturated rings. The molecule has 1 heterocycles. The number of ether oxygens (including phenoxy) is 1. The van der Waals surface area contributed by atoms with Crippen molar-refractivity contribution in [2.24, 2.45) is 5.73 Å². The summed E-state index contributed by atoms with van der Waals surface area (Å²) in [4.78, 5) is 4.24. The smallest absolute Gasteiger partial charge is 0.243 e. The highest BCUT2D eigenvalue weighted by atomic mass is 16.5. The summed E-state index contributed by atoms with van der Waals surface area (Å²) in [5.74, 6) is 1.01. The Balaban J connectivity index is 2.72. The molecule has 5 nitrogen and oxygen atoms in total. The van der Waals surface area contributed by atoms with Gasteiger partial charge in [0.15, 0.2) is 0 Å². The van der Waals surface area contributed by atoms with Crippen LogP contribution in [0.2, 0.25) is 0 Å². The lowest BCUT2D eigenvalue weighted by molar-refractivity contribution is 0.0854. The number of methoxy groups -OCH3 is 1. The average molecular weight is 225 g/mol. The van der Waals surface area contributed by atoms with Crippen LogP contribution >= 0.6 is 0 Å². The Labute approximate surface area is 95.7 Å². The van der Waals surface area contributed by atoms with Crippen molar-refractivity contribution in [3.8, 4) is 0 Å². The molecule has 16 heavy (non-hydrogen) atoms. The monoisotopic (exact) mass is 225 g/mol. The van der Waals surface area contributed by atoms with Crippen LogP contribution in [-0.2, 0) is 4.74 Å². The summed E-state index contributed by atoms with van der Waals surface area (Å²) in [7, 11) is 1.64. The summed E-state index contributed by atoms with van der Waals surface area (Å²) in [6.45, 7) is 5.70. The zero-order valence-corrected chi connectivity index (χ0v) is 9.85. The number of nitrogens with zero attached hydrogens (tertiary/aromatic N) is 2. The second kappa shape index (κ2) is 6.40. The van der Waals surface area contributed by atoms with Crippen molar-refractivity contribution in [2.75, 3.05) is 7.11 Å². The standard InChI is InChI=1S/C11H19N3O2/c1-4-6-8(12)11-13-10(14-16-11)9(15-3)7-5-2/h4,8-9H,1,5-7,12H2,2-3H3. The van der Waals surface area contributed by atoms with Crippen molar-refractivity contribution in [1.82, 2.24) is 10.1 Å². The molecule has 1 aromatic rings. The van der Waals surface area contributed by atoms with Gasteiger partial charge in [-0.15, -0.1) is 6.58 Å². The number of nitrogens with two attached hydrogens (primary N) is 1. The molecule has 1 rings (SSSR count). The third kappa shape index (κ3) is 3.15. The lowest BCUT2D eigenvalue weighted by Gasteiger charge is -2.08. The molecule has 2 N–H and O–H groups in total. The van der Waals surface area contributed by atoms with E-state index in [1.807, 2.05) is 0 Å². The fourth-order valence-electron chi connectivity index (χ4n) is 1.42. The average Bonchev–Trinajstić information content (AvgIpc) is 2.75. The second-order valence-electron chi connectivity index (χ2n) is 3.63. The zero-order valence-electron chi connectivity index (χ0n) is 9.85. The Hall–Kier alpha value is -1.20. The fraction of sp³-hybridized carbons (Fsp3) is 0.636. The van der Waals surface area contributed by atoms with Crippen molar-refractivity contribution >= 4 is 0 Å². The minimum atomic E-state index is -0.280. The summed E-state index contributed by atoms with van der Waals surface area (Å²) in [6.07, 6.45) is 4.10. The van der Waals surface area contributed by atoms with Crippen LogP contribution in [0.3, 0.4) is 0 Å². The first kappa shape index (κ1) is 12.9. The molecule has 0 bridgehead atoms. The van der Waals surface area contributed by atoms with Crippen LogP contribution in [0.15, 0.2) is 17.2 Å². The summed E-state index contributed by atoms with van der Waals surface area (Å²) in [5, 5.41) is 3.88. The third-order valence-corrected chi connectivity index (χ3v) is 2.32. The van der Waals surface area contributed by atoms with Crippen molar-refractivity contribution in [1.29, 1.82) is 0 Å². The predicted molar refractivity (Wildman–Crippen MR) is 60.7 cm³/mol. The minimum absolute atomic E-state index is 0.113. The Morgan fingerprint density at radius 3 is 2.94 bits per heavy atom. The first-order chi connectivity index (χ1) is 7.72. The molecule has 0 aliphatic heterocycles. The molecule has 0 spiro atoms. The minimum Gasteiger partial charge on any atom is -0.373 e. The fourth-order valence-corrected chi connectivity index (χ4v) is 1.42. The molecule has 0 radical (unpaired) electrons. The van der Waals surface area contributed by atoms with Crippen molar-refractivity contribution < 1.29 is 9.26 Å². The van der Waals surface area contributed by atoms with Crippen molar-refractivity contribution in [3.05, 3.63) is 24.4 Å². The highest BCUT2D eigenvalue weighted by Crippen LogP contribution is 2.21. The van der Waals surface area contributed by atoms with Gasteiger partial charge in [0.25, 0.3) is 0 Å². The highest BCUT2D eigenvalue weighted by molar-refractivity contribution is 4.96. The van der Waals surface area contributed by atoms with Crippen LogP contribution < -0.4 is 5.73 Å². The maximum absolute atomic E-state index is 5.83. The molecule has 2 atom stereocenters. The molecule has 0 saturated carbocycles. The third-order valence-electron chi connectivity index (χ3n) is 2.32. The van der Waals surface area contributed by atoms with E-state index in [1.165, 1.54) is 0 Å². The van der Waals surface area contributed by atoms with Gasteiger partial charge in [-0.05, 0) is 12.8 Å². The van der Waals surface area contributed by atoms with Gasteiger partial charge in [-0.2, -0.15) is 4.98 Å². The van der Waals surface area contributed by atoms with Gasteiger partial charge in [0.1, 0.15) is 6.10 Å². The Morgan fingerprint density at radius 1 is 1.62 bits per heavy atom. The van der Waals surface area contributed by atoms with Gasteiger partial charge < -0.3 is 15.0 Å². The Morgan fingerprint density at radius 2 is 2.38 bits per heavy atom. The van der Waals surface area contributed by atoms with Crippen LogP contribution in [-0.4, -0.2) is 17.3 Å². The van der Waals surface area contributed by atoms with Crippen LogP contribution in [0.5, 0.6) is 0 Å². The lowest BCUT2D eigenvalue weighted by Crippen LogP contribution is -2.10. The largest absolute Gasteiger partial charge is 0.373 e. The number of hydrogen-bond donors (Lipinski definition) is 1. The first-order valence-corrected chi connectivity index (χ1v) is 5.45. The van der Waals surface area contributed by atoms with Crippen molar-refractivity contribution in [3.63, 3.8) is 0 Å². The molecule has 5 heteroatoms. The van der Waals surface area contributed by atoms with E-state index in [0.29, 0.717) is 18.1 Å². The quantitative estimate of drug-likeness (QED) is 0.719. The number of aromatic nitrogens is 2. The van der Waals surface area contributed by atoms with E-state index in [9.17, 15) is 0 Å². The van der Waals surface area contributed by atoms with E-state index in [1.54, 1.807) is 13.2 Å². The van der Waals surface area contributed by atoms with Gasteiger partial charge in [0.2, 0.25) is 11.7 Å². The van der Waals surface area contributed by atoms with E-state index in [4.69, 9.17) is 15.0 Å². The van der Waals surface area contributed by atoms with Gasteiger partial charge in [-0.25, -0.2) is 0 Å². The number of hydrogen-bond acceptors (Lipinski definition) is 5. The molecule has 2 unspecified atom stereocenters. The van der Waals surface area contributed by atoms with Crippen LogP contribution in [0.4, 0.5) is 0 Å². The molecule has 0 aromatic carbocycles. The first-order valence-electron chi connectivity index (χ1n) is 5.45. The molecule has 1 aromatic heterocycles. The topological polar surface area (TPSA) is 74.2 Å². The molecular weight excluding hydrogens is 206 g/mol. The SMILES string of the molecule is C=CCC(N)c1nc(C(CCC)OC)no1. The molecule has 90 valence electrons. The summed E-state index contributed by atoms with van der Waals surface area (Å²) < 4.78 is 10.4. The Bertz CT molecular complexity index is 325. The molecule has 0 amide bonds. The summed E-state index contributed by atoms with van der Waals surface area (Å²) >= 11 is 0. The van der Waals surface area contributed by atoms with E-state index in [0.717, 1.165) is 12.8 Å². The second-order valence-corrected chi connectivity index (χ2v) is 3.63. The van der Waals surface area contributed by atoms with Gasteiger partial charge >= 0.3 is 0 Å². The lowest BCUT2D eigenvalue weighted by atomic mass is 10.2. The maximum Gasteiger partial charge on any atom is 0.243 e.